The van der Waals surface area contributed by atoms with E-state index in [4.69, 9.17) is 0 Å². The number of rotatable bonds is 13. The van der Waals surface area contributed by atoms with Crippen molar-refractivity contribution >= 4 is 72.7 Å². The third-order valence-corrected chi connectivity index (χ3v) is 18.4. The first kappa shape index (κ1) is 55.6. The van der Waals surface area contributed by atoms with E-state index in [1.54, 1.807) is 0 Å². The molecule has 0 spiro atoms. The molecule has 15 rings (SSSR count). The van der Waals surface area contributed by atoms with E-state index in [1.807, 2.05) is 0 Å². The van der Waals surface area contributed by atoms with Crippen LogP contribution in [-0.2, 0) is 10.8 Å². The minimum atomic E-state index is -0.545. The molecule has 0 saturated carbocycles. The molecule has 0 bridgehead atoms. The van der Waals surface area contributed by atoms with Crippen LogP contribution in [0.25, 0.3) is 54.9 Å². The van der Waals surface area contributed by atoms with Crippen LogP contribution >= 0.6 is 0 Å². The molecule has 0 saturated heterocycles. The Bertz CT molecular complexity index is 4620. The summed E-state index contributed by atoms with van der Waals surface area (Å²) in [5, 5.41) is 4.84. The van der Waals surface area contributed by atoms with E-state index in [0.717, 1.165) is 73.4 Å². The molecular formula is C87H69N3. The quantitative estimate of drug-likeness (QED) is 0.114. The van der Waals surface area contributed by atoms with E-state index in [1.165, 1.54) is 71.6 Å². The summed E-state index contributed by atoms with van der Waals surface area (Å²) in [4.78, 5) is 7.13. The maximum Gasteiger partial charge on any atom is 0.0713 e. The van der Waals surface area contributed by atoms with E-state index in [-0.39, 0.29) is 5.41 Å². The molecule has 3 heteroatoms. The number of hydrogen-bond acceptors (Lipinski definition) is 3. The summed E-state index contributed by atoms with van der Waals surface area (Å²) < 4.78 is 0. The molecule has 0 aliphatic heterocycles. The van der Waals surface area contributed by atoms with Gasteiger partial charge in [-0.3, -0.25) is 0 Å². The largest absolute Gasteiger partial charge is 0.311 e. The SMILES string of the molecule is Cc1ccc2c(c1)C(c1ccc(N(c3ccc(-c4ccc(N(c5ccccc5)c5cccc6ccccc56)cc4)cc3)c3ccc(-c4ccc(N(c5ccccc5)c5cccc6ccccc56)cc4)cc3)cc1)(c1ccc(C(C)(C)C)cc1)c1cc(C)ccc1-2. The highest BCUT2D eigenvalue weighted by Crippen LogP contribution is 2.57. The molecule has 0 N–H and O–H groups in total. The van der Waals surface area contributed by atoms with Gasteiger partial charge in [-0.05, 0) is 188 Å². The van der Waals surface area contributed by atoms with Gasteiger partial charge in [0.15, 0.2) is 0 Å². The van der Waals surface area contributed by atoms with Gasteiger partial charge in [-0.2, -0.15) is 0 Å². The molecule has 0 radical (unpaired) electrons. The van der Waals surface area contributed by atoms with Crippen molar-refractivity contribution in [2.24, 2.45) is 0 Å². The normalized spacial score (nSPS) is 12.4. The van der Waals surface area contributed by atoms with Crippen LogP contribution in [-0.4, -0.2) is 0 Å². The Hall–Kier alpha value is -11.0. The van der Waals surface area contributed by atoms with Crippen molar-refractivity contribution in [2.75, 3.05) is 14.7 Å². The van der Waals surface area contributed by atoms with Crippen molar-refractivity contribution in [1.82, 2.24) is 0 Å². The van der Waals surface area contributed by atoms with Gasteiger partial charge in [-0.15, -0.1) is 0 Å². The zero-order valence-corrected chi connectivity index (χ0v) is 51.5. The Balaban J connectivity index is 0.814. The highest BCUT2D eigenvalue weighted by Gasteiger charge is 2.46. The van der Waals surface area contributed by atoms with Gasteiger partial charge in [0.25, 0.3) is 0 Å². The fraction of sp³-hybridized carbons (Fsp3) is 0.0805. The minimum Gasteiger partial charge on any atom is -0.311 e. The second kappa shape index (κ2) is 22.9. The summed E-state index contributed by atoms with van der Waals surface area (Å²) in [6, 6.07) is 121. The summed E-state index contributed by atoms with van der Waals surface area (Å²) >= 11 is 0. The molecule has 3 nitrogen and oxygen atoms in total. The van der Waals surface area contributed by atoms with Crippen LogP contribution in [0.4, 0.5) is 51.2 Å². The maximum absolute atomic E-state index is 2.43. The number of nitrogens with zero attached hydrogens (tertiary/aromatic N) is 3. The first-order valence-corrected chi connectivity index (χ1v) is 31.4. The number of benzene rings is 14. The predicted molar refractivity (Wildman–Crippen MR) is 382 cm³/mol. The third-order valence-electron chi connectivity index (χ3n) is 18.4. The van der Waals surface area contributed by atoms with Crippen LogP contribution in [0.5, 0.6) is 0 Å². The fourth-order valence-electron chi connectivity index (χ4n) is 13.9. The third kappa shape index (κ3) is 9.99. The number of para-hydroxylation sites is 2. The Kier molecular flexibility index (Phi) is 14.2. The van der Waals surface area contributed by atoms with Crippen LogP contribution in [0.3, 0.4) is 0 Å². The van der Waals surface area contributed by atoms with E-state index < -0.39 is 5.41 Å². The molecule has 0 heterocycles. The zero-order chi connectivity index (χ0) is 60.9. The second-order valence-corrected chi connectivity index (χ2v) is 25.1. The second-order valence-electron chi connectivity index (χ2n) is 25.1. The Morgan fingerprint density at radius 3 is 0.956 bits per heavy atom. The van der Waals surface area contributed by atoms with Crippen molar-refractivity contribution in [1.29, 1.82) is 0 Å². The van der Waals surface area contributed by atoms with Gasteiger partial charge < -0.3 is 14.7 Å². The number of fused-ring (bicyclic) bond motifs is 5. The van der Waals surface area contributed by atoms with Gasteiger partial charge in [0.05, 0.1) is 16.8 Å². The summed E-state index contributed by atoms with van der Waals surface area (Å²) in [6.45, 7) is 11.3. The lowest BCUT2D eigenvalue weighted by Crippen LogP contribution is -2.29. The smallest absolute Gasteiger partial charge is 0.0713 e. The average Bonchev–Trinajstić information content (AvgIpc) is 1.53. The zero-order valence-electron chi connectivity index (χ0n) is 51.5. The molecule has 14 aromatic rings. The van der Waals surface area contributed by atoms with E-state index in [2.05, 4.69) is 377 Å². The first-order valence-electron chi connectivity index (χ1n) is 31.4. The maximum atomic E-state index is 2.43. The van der Waals surface area contributed by atoms with Gasteiger partial charge in [-0.1, -0.05) is 262 Å². The minimum absolute atomic E-state index is 0.0211. The Morgan fingerprint density at radius 2 is 0.578 bits per heavy atom. The molecule has 1 aliphatic rings. The van der Waals surface area contributed by atoms with E-state index in [0.29, 0.717) is 0 Å². The number of anilines is 9. The molecule has 0 unspecified atom stereocenters. The summed E-state index contributed by atoms with van der Waals surface area (Å²) in [7, 11) is 0. The van der Waals surface area contributed by atoms with Gasteiger partial charge in [0.2, 0.25) is 0 Å². The van der Waals surface area contributed by atoms with E-state index >= 15 is 0 Å². The van der Waals surface area contributed by atoms with Crippen LogP contribution in [0.15, 0.2) is 328 Å². The van der Waals surface area contributed by atoms with Crippen LogP contribution in [0.1, 0.15) is 59.7 Å². The van der Waals surface area contributed by atoms with Crippen molar-refractivity contribution in [3.05, 3.63) is 367 Å². The van der Waals surface area contributed by atoms with Crippen LogP contribution < -0.4 is 14.7 Å². The van der Waals surface area contributed by atoms with Gasteiger partial charge in [-0.25, -0.2) is 0 Å². The summed E-state index contributed by atoms with van der Waals surface area (Å²) in [5.41, 5.74) is 25.5. The Morgan fingerprint density at radius 1 is 0.267 bits per heavy atom. The fourth-order valence-corrected chi connectivity index (χ4v) is 13.9. The lowest BCUT2D eigenvalue weighted by atomic mass is 9.67. The van der Waals surface area contributed by atoms with Crippen LogP contribution in [0, 0.1) is 13.8 Å². The van der Waals surface area contributed by atoms with E-state index in [9.17, 15) is 0 Å². The highest BCUT2D eigenvalue weighted by atomic mass is 15.2. The number of aryl methyl sites for hydroxylation is 2. The standard InChI is InChI=1S/C87H69N3/c1-60-30-56-80-81-57-31-61(2)59-83(81)87(82(80)58-60,69-42-40-68(41-43-69)86(3,4)5)70-44-54-75(55-45-70)88(73-46-32-62(33-47-73)64-36-50-76(51-37-64)89(71-22-8-6-9-23-71)84-28-16-20-66-18-12-14-26-78(66)84)74-48-34-63(35-49-74)65-38-52-77(53-39-65)90(72-24-10-7-11-25-72)85-29-17-21-67-19-13-15-27-79(67)85/h6-59H,1-5H3. The molecule has 1 aliphatic carbocycles. The first-order chi connectivity index (χ1) is 44.1. The highest BCUT2D eigenvalue weighted by molar-refractivity contribution is 6.00. The molecule has 0 atom stereocenters. The summed E-state index contributed by atoms with van der Waals surface area (Å²) in [6.07, 6.45) is 0. The van der Waals surface area contributed by atoms with Crippen molar-refractivity contribution in [2.45, 2.75) is 45.4 Å². The predicted octanol–water partition coefficient (Wildman–Crippen LogP) is 24.0. The molecule has 0 aromatic heterocycles. The topological polar surface area (TPSA) is 9.72 Å². The molecule has 0 amide bonds. The molecule has 0 fully saturated rings. The van der Waals surface area contributed by atoms with Crippen molar-refractivity contribution < 1.29 is 0 Å². The molecule has 90 heavy (non-hydrogen) atoms. The monoisotopic (exact) mass is 1160 g/mol. The molecule has 14 aromatic carbocycles. The van der Waals surface area contributed by atoms with Crippen LogP contribution in [0.2, 0.25) is 0 Å². The summed E-state index contributed by atoms with van der Waals surface area (Å²) in [5.74, 6) is 0. The number of hydrogen-bond donors (Lipinski definition) is 0. The van der Waals surface area contributed by atoms with Gasteiger partial charge >= 0.3 is 0 Å². The Labute approximate surface area is 529 Å². The van der Waals surface area contributed by atoms with Crippen molar-refractivity contribution in [3.8, 4) is 33.4 Å². The lowest BCUT2D eigenvalue weighted by molar-refractivity contribution is 0.589. The molecular weight excluding hydrogens is 1090 g/mol. The van der Waals surface area contributed by atoms with Gasteiger partial charge in [0.1, 0.15) is 0 Å². The molecule has 432 valence electrons. The lowest BCUT2D eigenvalue weighted by Gasteiger charge is -2.35. The van der Waals surface area contributed by atoms with Crippen molar-refractivity contribution in [3.63, 3.8) is 0 Å². The average molecular weight is 1160 g/mol. The van der Waals surface area contributed by atoms with Gasteiger partial charge in [0, 0.05) is 50.6 Å².